The van der Waals surface area contributed by atoms with Crippen LogP contribution >= 0.6 is 0 Å². The molecule has 2 atom stereocenters. The number of ketones is 1. The second-order valence-corrected chi connectivity index (χ2v) is 6.85. The maximum Gasteiger partial charge on any atom is 0.222 e. The number of rotatable bonds is 1. The van der Waals surface area contributed by atoms with Crippen molar-refractivity contribution in [3.05, 3.63) is 82.6 Å². The van der Waals surface area contributed by atoms with Gasteiger partial charge in [-0.05, 0) is 17.2 Å². The van der Waals surface area contributed by atoms with E-state index in [1.807, 2.05) is 48.7 Å². The quantitative estimate of drug-likeness (QED) is 0.842. The average Bonchev–Trinajstić information content (AvgIpc) is 3.08. The van der Waals surface area contributed by atoms with E-state index < -0.39 is 0 Å². The monoisotopic (exact) mass is 354 g/mol. The summed E-state index contributed by atoms with van der Waals surface area (Å²) in [6.07, 6.45) is 12.4. The molecule has 0 radical (unpaired) electrons. The summed E-state index contributed by atoms with van der Waals surface area (Å²) >= 11 is 0. The van der Waals surface area contributed by atoms with Crippen molar-refractivity contribution >= 4 is 23.7 Å². The van der Waals surface area contributed by atoms with Gasteiger partial charge in [0.2, 0.25) is 5.96 Å². The van der Waals surface area contributed by atoms with Gasteiger partial charge in [-0.15, -0.1) is 0 Å². The van der Waals surface area contributed by atoms with Crippen LogP contribution in [0.1, 0.15) is 11.1 Å². The molecule has 2 aliphatic carbocycles. The molecule has 5 nitrogen and oxygen atoms in total. The van der Waals surface area contributed by atoms with Crippen molar-refractivity contribution in [2.45, 2.75) is 12.5 Å². The molecular formula is C22H18N4O. The zero-order chi connectivity index (χ0) is 18.4. The smallest absolute Gasteiger partial charge is 0.222 e. The van der Waals surface area contributed by atoms with Crippen molar-refractivity contribution in [2.24, 2.45) is 20.9 Å². The van der Waals surface area contributed by atoms with Crippen LogP contribution < -0.4 is 5.32 Å². The number of fused-ring (bicyclic) bond motifs is 4. The van der Waals surface area contributed by atoms with E-state index in [2.05, 4.69) is 32.4 Å². The van der Waals surface area contributed by atoms with Gasteiger partial charge >= 0.3 is 0 Å². The van der Waals surface area contributed by atoms with Crippen molar-refractivity contribution in [1.82, 2.24) is 5.32 Å². The third kappa shape index (κ3) is 2.46. The van der Waals surface area contributed by atoms with E-state index in [1.54, 1.807) is 7.05 Å². The normalized spacial score (nSPS) is 26.9. The van der Waals surface area contributed by atoms with E-state index in [4.69, 9.17) is 0 Å². The lowest BCUT2D eigenvalue weighted by molar-refractivity contribution is -0.114. The van der Waals surface area contributed by atoms with Gasteiger partial charge in [-0.2, -0.15) is 0 Å². The van der Waals surface area contributed by atoms with Crippen molar-refractivity contribution < 1.29 is 4.79 Å². The molecule has 1 aromatic carbocycles. The Balaban J connectivity index is 1.73. The van der Waals surface area contributed by atoms with Crippen LogP contribution in [0, 0.1) is 5.92 Å². The van der Waals surface area contributed by atoms with Gasteiger partial charge in [-0.1, -0.05) is 48.6 Å². The molecule has 0 saturated heterocycles. The van der Waals surface area contributed by atoms with Crippen LogP contribution in [0.2, 0.25) is 0 Å². The molecule has 0 aromatic heterocycles. The van der Waals surface area contributed by atoms with E-state index in [-0.39, 0.29) is 17.7 Å². The minimum absolute atomic E-state index is 0.0811. The topological polar surface area (TPSA) is 66.2 Å². The highest BCUT2D eigenvalue weighted by atomic mass is 16.1. The molecule has 0 spiro atoms. The first-order chi connectivity index (χ1) is 13.3. The molecule has 0 saturated carbocycles. The highest BCUT2D eigenvalue weighted by Crippen LogP contribution is 2.36. The predicted octanol–water partition coefficient (Wildman–Crippen LogP) is 2.57. The SMILES string of the molecule is CN=C1N=C2C(=C(C3=CC=CC4C=CC=NC34)C(=O)Cc3ccccc32)N1. The van der Waals surface area contributed by atoms with Crippen LogP contribution in [0.15, 0.2) is 86.5 Å². The van der Waals surface area contributed by atoms with E-state index in [0.717, 1.165) is 28.1 Å². The maximum absolute atomic E-state index is 13.4. The summed E-state index contributed by atoms with van der Waals surface area (Å²) in [6, 6.07) is 7.87. The second kappa shape index (κ2) is 6.13. The number of Topliss-reactive ketones (excluding diaryl/α,β-unsaturated/α-hetero) is 1. The molecule has 1 N–H and O–H groups in total. The number of guanidine groups is 1. The fourth-order valence-corrected chi connectivity index (χ4v) is 4.05. The number of nitrogens with zero attached hydrogens (tertiary/aromatic N) is 3. The molecule has 4 aliphatic rings. The summed E-state index contributed by atoms with van der Waals surface area (Å²) in [5.74, 6) is 0.776. The molecule has 2 aliphatic heterocycles. The van der Waals surface area contributed by atoms with E-state index in [0.29, 0.717) is 18.0 Å². The summed E-state index contributed by atoms with van der Waals surface area (Å²) in [4.78, 5) is 26.9. The largest absolute Gasteiger partial charge is 0.322 e. The number of hydrogen-bond donors (Lipinski definition) is 1. The number of allylic oxidation sites excluding steroid dienone is 4. The fourth-order valence-electron chi connectivity index (χ4n) is 4.05. The minimum Gasteiger partial charge on any atom is -0.322 e. The number of dihydropyridines is 1. The Kier molecular flexibility index (Phi) is 3.60. The molecule has 2 unspecified atom stereocenters. The van der Waals surface area contributed by atoms with E-state index in [1.165, 1.54) is 0 Å². The zero-order valence-corrected chi connectivity index (χ0v) is 14.9. The van der Waals surface area contributed by atoms with Gasteiger partial charge in [-0.25, -0.2) is 4.99 Å². The van der Waals surface area contributed by atoms with Crippen molar-refractivity contribution in [2.75, 3.05) is 7.05 Å². The molecular weight excluding hydrogens is 336 g/mol. The Bertz CT molecular complexity index is 1070. The third-order valence-corrected chi connectivity index (χ3v) is 5.30. The van der Waals surface area contributed by atoms with Crippen LogP contribution in [0.5, 0.6) is 0 Å². The van der Waals surface area contributed by atoms with E-state index in [9.17, 15) is 4.79 Å². The Morgan fingerprint density at radius 1 is 1.19 bits per heavy atom. The molecule has 1 aromatic rings. The highest BCUT2D eigenvalue weighted by molar-refractivity contribution is 6.27. The van der Waals surface area contributed by atoms with Crippen molar-refractivity contribution in [1.29, 1.82) is 0 Å². The number of hydrogen-bond acceptors (Lipinski definition) is 3. The molecule has 0 fully saturated rings. The van der Waals surface area contributed by atoms with Gasteiger partial charge in [-0.3, -0.25) is 14.8 Å². The lowest BCUT2D eigenvalue weighted by Crippen LogP contribution is -2.29. The highest BCUT2D eigenvalue weighted by Gasteiger charge is 2.37. The standard InChI is InChI=1S/C22H18N4O/c1-23-22-25-20-15-9-3-2-6-14(15)12-17(27)18(21(20)26-22)16-10-4-7-13-8-5-11-24-19(13)16/h2-11,13,19H,12H2,1H3,(H,23,26). The Morgan fingerprint density at radius 3 is 2.93 bits per heavy atom. The average molecular weight is 354 g/mol. The van der Waals surface area contributed by atoms with Gasteiger partial charge in [0.1, 0.15) is 0 Å². The minimum atomic E-state index is -0.0849. The molecule has 132 valence electrons. The second-order valence-electron chi connectivity index (χ2n) is 6.85. The molecule has 5 rings (SSSR count). The summed E-state index contributed by atoms with van der Waals surface area (Å²) < 4.78 is 0. The molecule has 0 bridgehead atoms. The summed E-state index contributed by atoms with van der Waals surface area (Å²) in [5.41, 5.74) is 5.12. The van der Waals surface area contributed by atoms with E-state index >= 15 is 0 Å². The van der Waals surface area contributed by atoms with Gasteiger partial charge in [0.25, 0.3) is 0 Å². The molecule has 27 heavy (non-hydrogen) atoms. The van der Waals surface area contributed by atoms with Crippen molar-refractivity contribution in [3.63, 3.8) is 0 Å². The first-order valence-corrected chi connectivity index (χ1v) is 9.03. The number of nitrogens with one attached hydrogen (secondary N) is 1. The van der Waals surface area contributed by atoms with Crippen LogP contribution in [0.3, 0.4) is 0 Å². The third-order valence-electron chi connectivity index (χ3n) is 5.30. The molecule has 0 amide bonds. The predicted molar refractivity (Wildman–Crippen MR) is 107 cm³/mol. The summed E-state index contributed by atoms with van der Waals surface area (Å²) in [6.45, 7) is 0. The number of aliphatic imine (C=N–C) groups is 3. The molecule has 5 heteroatoms. The fraction of sp³-hybridized carbons (Fsp3) is 0.182. The lowest BCUT2D eigenvalue weighted by Gasteiger charge is -2.27. The maximum atomic E-state index is 13.4. The number of carbonyl (C=O) groups is 1. The summed E-state index contributed by atoms with van der Waals surface area (Å²) in [5, 5.41) is 3.27. The van der Waals surface area contributed by atoms with Crippen molar-refractivity contribution in [3.8, 4) is 0 Å². The lowest BCUT2D eigenvalue weighted by atomic mass is 9.81. The van der Waals surface area contributed by atoms with Gasteiger partial charge in [0.05, 0.1) is 17.5 Å². The first-order valence-electron chi connectivity index (χ1n) is 9.03. The van der Waals surface area contributed by atoms with Gasteiger partial charge < -0.3 is 5.32 Å². The van der Waals surface area contributed by atoms with Gasteiger partial charge in [0.15, 0.2) is 5.78 Å². The van der Waals surface area contributed by atoms with Crippen LogP contribution in [-0.4, -0.2) is 36.8 Å². The van der Waals surface area contributed by atoms with Crippen LogP contribution in [0.4, 0.5) is 0 Å². The Morgan fingerprint density at radius 2 is 2.04 bits per heavy atom. The Labute approximate surface area is 157 Å². The number of carbonyl (C=O) groups excluding carboxylic acids is 1. The van der Waals surface area contributed by atoms with Gasteiger partial charge in [0, 0.05) is 36.7 Å². The van der Waals surface area contributed by atoms with Crippen LogP contribution in [-0.2, 0) is 11.2 Å². The van der Waals surface area contributed by atoms with Crippen LogP contribution in [0.25, 0.3) is 0 Å². The Hall–Kier alpha value is -3.34. The number of benzene rings is 1. The zero-order valence-electron chi connectivity index (χ0n) is 14.9. The first kappa shape index (κ1) is 15.9. The summed E-state index contributed by atoms with van der Waals surface area (Å²) in [7, 11) is 1.69. The molecule has 2 heterocycles.